The number of amides is 1. The molecule has 1 atom stereocenters. The molecule has 1 aromatic carbocycles. The molecule has 1 saturated heterocycles. The quantitative estimate of drug-likeness (QED) is 0.778. The summed E-state index contributed by atoms with van der Waals surface area (Å²) in [4.78, 5) is 20.2. The van der Waals surface area contributed by atoms with Crippen molar-refractivity contribution >= 4 is 17.1 Å². The van der Waals surface area contributed by atoms with Crippen LogP contribution in [0.25, 0.3) is 11.0 Å². The third-order valence-corrected chi connectivity index (χ3v) is 4.42. The zero-order valence-corrected chi connectivity index (χ0v) is 13.6. The van der Waals surface area contributed by atoms with Crippen molar-refractivity contribution in [3.05, 3.63) is 35.7 Å². The highest BCUT2D eigenvalue weighted by Crippen LogP contribution is 2.40. The minimum atomic E-state index is -1.09. The summed E-state index contributed by atoms with van der Waals surface area (Å²) in [6, 6.07) is 5.58. The average Bonchev–Trinajstić information content (AvgIpc) is 2.52. The van der Waals surface area contributed by atoms with Crippen LogP contribution in [-0.2, 0) is 5.54 Å². The summed E-state index contributed by atoms with van der Waals surface area (Å²) < 4.78 is 0. The van der Waals surface area contributed by atoms with E-state index < -0.39 is 11.6 Å². The van der Waals surface area contributed by atoms with E-state index in [1.165, 1.54) is 6.20 Å². The molecule has 0 radical (unpaired) electrons. The van der Waals surface area contributed by atoms with Gasteiger partial charge in [0, 0.05) is 31.0 Å². The van der Waals surface area contributed by atoms with E-state index in [1.54, 1.807) is 18.3 Å². The van der Waals surface area contributed by atoms with Crippen LogP contribution in [0.2, 0.25) is 0 Å². The number of nitrogens with one attached hydrogen (secondary N) is 2. The Bertz CT molecular complexity index is 842. The molecule has 0 aliphatic carbocycles. The Morgan fingerprint density at radius 2 is 2.00 bits per heavy atom. The number of nitrogens with zero attached hydrogens (tertiary/aromatic N) is 3. The molecule has 2 heterocycles. The number of nitriles is 1. The molecule has 7 nitrogen and oxygen atoms in total. The Kier molecular flexibility index (Phi) is 3.85. The molecule has 1 fully saturated rings. The molecule has 1 aromatic heterocycles. The van der Waals surface area contributed by atoms with Crippen LogP contribution in [0.3, 0.4) is 0 Å². The number of fused-ring (bicyclic) bond motifs is 1. The second-order valence-corrected chi connectivity index (χ2v) is 6.98. The molecule has 0 spiro atoms. The molecule has 7 heteroatoms. The first-order chi connectivity index (χ1) is 11.4. The van der Waals surface area contributed by atoms with Crippen molar-refractivity contribution in [1.82, 2.24) is 20.6 Å². The molecule has 124 valence electrons. The first kappa shape index (κ1) is 16.1. The SMILES string of the molecule is CC1(C)CNC[C@](NC(=O)O)(c2ccc(C#N)c3nccnc23)C1. The topological polar surface area (TPSA) is 111 Å². The summed E-state index contributed by atoms with van der Waals surface area (Å²) in [5.41, 5.74) is 1.30. The first-order valence-corrected chi connectivity index (χ1v) is 7.73. The fraction of sp³-hybridized carbons (Fsp3) is 0.412. The standard InChI is InChI=1S/C17H19N5O2/c1-16(2)8-17(10-19-9-16,22-15(23)24)12-4-3-11(7-18)13-14(12)21-6-5-20-13/h3-6,19,22H,8-10H2,1-2H3,(H,23,24)/t17-/m0/s1. The molecule has 0 bridgehead atoms. The van der Waals surface area contributed by atoms with Gasteiger partial charge in [-0.2, -0.15) is 5.26 Å². The van der Waals surface area contributed by atoms with Crippen molar-refractivity contribution in [2.45, 2.75) is 25.8 Å². The number of carbonyl (C=O) groups is 1. The van der Waals surface area contributed by atoms with E-state index in [0.717, 1.165) is 12.1 Å². The molecule has 3 N–H and O–H groups in total. The van der Waals surface area contributed by atoms with Crippen LogP contribution in [-0.4, -0.2) is 34.3 Å². The molecule has 1 amide bonds. The second-order valence-electron chi connectivity index (χ2n) is 6.98. The number of piperidine rings is 1. The largest absolute Gasteiger partial charge is 0.465 e. The molecule has 1 aliphatic rings. The number of carboxylic acid groups (broad SMARTS) is 1. The lowest BCUT2D eigenvalue weighted by Crippen LogP contribution is -2.59. The lowest BCUT2D eigenvalue weighted by molar-refractivity contribution is 0.123. The maximum Gasteiger partial charge on any atom is 0.405 e. The number of hydrogen-bond acceptors (Lipinski definition) is 5. The third-order valence-electron chi connectivity index (χ3n) is 4.42. The normalized spacial score (nSPS) is 22.7. The van der Waals surface area contributed by atoms with Gasteiger partial charge in [0.05, 0.1) is 16.6 Å². The molecule has 0 saturated carbocycles. The van der Waals surface area contributed by atoms with Crippen LogP contribution in [0.1, 0.15) is 31.4 Å². The highest BCUT2D eigenvalue weighted by molar-refractivity contribution is 5.85. The van der Waals surface area contributed by atoms with Crippen molar-refractivity contribution < 1.29 is 9.90 Å². The van der Waals surface area contributed by atoms with Crippen molar-refractivity contribution in [1.29, 1.82) is 5.26 Å². The van der Waals surface area contributed by atoms with Gasteiger partial charge in [0.25, 0.3) is 0 Å². The predicted molar refractivity (Wildman–Crippen MR) is 88.4 cm³/mol. The van der Waals surface area contributed by atoms with E-state index >= 15 is 0 Å². The predicted octanol–water partition coefficient (Wildman–Crippen LogP) is 1.98. The fourth-order valence-corrected chi connectivity index (χ4v) is 3.64. The zero-order chi connectivity index (χ0) is 17.4. The van der Waals surface area contributed by atoms with Crippen molar-refractivity contribution in [2.24, 2.45) is 5.41 Å². The van der Waals surface area contributed by atoms with Crippen LogP contribution in [0.15, 0.2) is 24.5 Å². The first-order valence-electron chi connectivity index (χ1n) is 7.73. The van der Waals surface area contributed by atoms with Gasteiger partial charge in [-0.3, -0.25) is 9.97 Å². The molecule has 1 aliphatic heterocycles. The summed E-state index contributed by atoms with van der Waals surface area (Å²) in [5, 5.41) is 24.7. The van der Waals surface area contributed by atoms with Crippen molar-refractivity contribution in [2.75, 3.05) is 13.1 Å². The minimum Gasteiger partial charge on any atom is -0.465 e. The van der Waals surface area contributed by atoms with E-state index in [0.29, 0.717) is 29.6 Å². The lowest BCUT2D eigenvalue weighted by atomic mass is 9.71. The van der Waals surface area contributed by atoms with Gasteiger partial charge in [-0.15, -0.1) is 0 Å². The smallest absolute Gasteiger partial charge is 0.405 e. The maximum absolute atomic E-state index is 11.5. The molecule has 0 unspecified atom stereocenters. The zero-order valence-electron chi connectivity index (χ0n) is 13.6. The Labute approximate surface area is 139 Å². The van der Waals surface area contributed by atoms with E-state index in [-0.39, 0.29) is 5.41 Å². The van der Waals surface area contributed by atoms with Gasteiger partial charge in [-0.25, -0.2) is 4.79 Å². The van der Waals surface area contributed by atoms with E-state index in [2.05, 4.69) is 40.5 Å². The summed E-state index contributed by atoms with van der Waals surface area (Å²) in [7, 11) is 0. The summed E-state index contributed by atoms with van der Waals surface area (Å²) in [5.74, 6) is 0. The summed E-state index contributed by atoms with van der Waals surface area (Å²) in [6.45, 7) is 5.44. The van der Waals surface area contributed by atoms with Crippen LogP contribution >= 0.6 is 0 Å². The maximum atomic E-state index is 11.5. The fourth-order valence-electron chi connectivity index (χ4n) is 3.64. The molecule has 24 heavy (non-hydrogen) atoms. The van der Waals surface area contributed by atoms with Crippen LogP contribution in [0, 0.1) is 16.7 Å². The molecular weight excluding hydrogens is 306 g/mol. The van der Waals surface area contributed by atoms with Gasteiger partial charge in [0.15, 0.2) is 0 Å². The second kappa shape index (κ2) is 5.73. The Morgan fingerprint density at radius 1 is 1.29 bits per heavy atom. The Morgan fingerprint density at radius 3 is 2.62 bits per heavy atom. The van der Waals surface area contributed by atoms with Crippen LogP contribution in [0.4, 0.5) is 4.79 Å². The van der Waals surface area contributed by atoms with Gasteiger partial charge in [0.2, 0.25) is 0 Å². The van der Waals surface area contributed by atoms with E-state index in [9.17, 15) is 15.2 Å². The number of aromatic nitrogens is 2. The number of benzene rings is 1. The Hall–Kier alpha value is -2.72. The van der Waals surface area contributed by atoms with E-state index in [4.69, 9.17) is 0 Å². The third kappa shape index (κ3) is 2.76. The summed E-state index contributed by atoms with van der Waals surface area (Å²) in [6.07, 6.45) is 2.63. The van der Waals surface area contributed by atoms with E-state index in [1.807, 2.05) is 0 Å². The van der Waals surface area contributed by atoms with Crippen LogP contribution in [0.5, 0.6) is 0 Å². The Balaban J connectivity index is 2.25. The molecule has 2 aromatic rings. The van der Waals surface area contributed by atoms with Gasteiger partial charge in [-0.1, -0.05) is 19.9 Å². The van der Waals surface area contributed by atoms with Crippen LogP contribution < -0.4 is 10.6 Å². The minimum absolute atomic E-state index is 0.0941. The molecular formula is C17H19N5O2. The van der Waals surface area contributed by atoms with Crippen molar-refractivity contribution in [3.8, 4) is 6.07 Å². The van der Waals surface area contributed by atoms with Gasteiger partial charge >= 0.3 is 6.09 Å². The van der Waals surface area contributed by atoms with Gasteiger partial charge < -0.3 is 15.7 Å². The van der Waals surface area contributed by atoms with Gasteiger partial charge in [-0.05, 0) is 17.9 Å². The number of hydrogen-bond donors (Lipinski definition) is 3. The monoisotopic (exact) mass is 325 g/mol. The van der Waals surface area contributed by atoms with Crippen molar-refractivity contribution in [3.63, 3.8) is 0 Å². The average molecular weight is 325 g/mol. The highest BCUT2D eigenvalue weighted by atomic mass is 16.4. The highest BCUT2D eigenvalue weighted by Gasteiger charge is 2.44. The lowest BCUT2D eigenvalue weighted by Gasteiger charge is -2.45. The summed E-state index contributed by atoms with van der Waals surface area (Å²) >= 11 is 0. The molecule has 3 rings (SSSR count). The van der Waals surface area contributed by atoms with Gasteiger partial charge in [0.1, 0.15) is 11.6 Å². The number of rotatable bonds is 2.